The first-order valence-corrected chi connectivity index (χ1v) is 7.99. The van der Waals surface area contributed by atoms with E-state index >= 15 is 0 Å². The molecule has 6 nitrogen and oxygen atoms in total. The molecule has 0 aliphatic rings. The van der Waals surface area contributed by atoms with Gasteiger partial charge in [-0.05, 0) is 43.5 Å². The molecule has 0 atom stereocenters. The van der Waals surface area contributed by atoms with E-state index in [9.17, 15) is 20.0 Å². The number of aromatic hydroxyl groups is 1. The molecule has 0 amide bonds. The van der Waals surface area contributed by atoms with E-state index in [2.05, 4.69) is 0 Å². The summed E-state index contributed by atoms with van der Waals surface area (Å²) < 4.78 is 6.55. The third-order valence-corrected chi connectivity index (χ3v) is 3.89. The average Bonchev–Trinajstić information content (AvgIpc) is 2.57. The maximum atomic E-state index is 12.6. The van der Waals surface area contributed by atoms with Crippen LogP contribution in [-0.4, -0.2) is 22.1 Å². The zero-order chi connectivity index (χ0) is 18.6. The fourth-order valence-electron chi connectivity index (χ4n) is 2.64. The largest absolute Gasteiger partial charge is 0.494 e. The first-order valence-electron chi connectivity index (χ1n) is 7.99. The summed E-state index contributed by atoms with van der Waals surface area (Å²) in [4.78, 5) is 24.8. The number of aryl methyl sites for hydroxylation is 1. The third-order valence-electron chi connectivity index (χ3n) is 3.89. The van der Waals surface area contributed by atoms with Gasteiger partial charge in [0.05, 0.1) is 5.56 Å². The van der Waals surface area contributed by atoms with Crippen LogP contribution in [0.15, 0.2) is 29.1 Å². The Morgan fingerprint density at radius 2 is 2.08 bits per heavy atom. The van der Waals surface area contributed by atoms with E-state index in [1.165, 1.54) is 6.92 Å². The van der Waals surface area contributed by atoms with Crippen molar-refractivity contribution >= 4 is 5.78 Å². The van der Waals surface area contributed by atoms with Gasteiger partial charge in [0, 0.05) is 6.54 Å². The highest BCUT2D eigenvalue weighted by atomic mass is 16.5. The molecule has 0 aliphatic carbocycles. The second-order valence-corrected chi connectivity index (χ2v) is 5.80. The molecule has 1 N–H and O–H groups in total. The van der Waals surface area contributed by atoms with Crippen LogP contribution in [0.5, 0.6) is 11.6 Å². The van der Waals surface area contributed by atoms with Gasteiger partial charge in [0.15, 0.2) is 6.61 Å². The molecule has 0 fully saturated rings. The Balaban J connectivity index is 2.40. The lowest BCUT2D eigenvalue weighted by Crippen LogP contribution is -2.27. The molecule has 0 spiro atoms. The van der Waals surface area contributed by atoms with Crippen molar-refractivity contribution in [1.29, 1.82) is 5.26 Å². The Labute approximate surface area is 145 Å². The second kappa shape index (κ2) is 7.67. The van der Waals surface area contributed by atoms with Crippen LogP contribution in [0.25, 0.3) is 0 Å². The molecular weight excluding hydrogens is 320 g/mol. The number of hydrogen-bond acceptors (Lipinski definition) is 5. The standard InChI is InChI=1S/C19H20N2O4/c1-4-8-21-18(23)15(10-20)13(3)17(19(21)24)16(22)11-25-14-7-5-6-12(2)9-14/h5-7,9,24H,4,8,11H2,1-3H3. The minimum absolute atomic E-state index is 0.0442. The first-order chi connectivity index (χ1) is 11.9. The van der Waals surface area contributed by atoms with Gasteiger partial charge in [0.2, 0.25) is 11.7 Å². The van der Waals surface area contributed by atoms with Crippen molar-refractivity contribution in [3.8, 4) is 17.7 Å². The zero-order valence-corrected chi connectivity index (χ0v) is 14.5. The number of rotatable bonds is 6. The number of hydrogen-bond donors (Lipinski definition) is 1. The number of carbonyl (C=O) groups is 1. The fourth-order valence-corrected chi connectivity index (χ4v) is 2.64. The summed E-state index contributed by atoms with van der Waals surface area (Å²) in [5, 5.41) is 19.6. The number of ether oxygens (including phenoxy) is 1. The molecule has 0 radical (unpaired) electrons. The predicted octanol–water partition coefficient (Wildman–Crippen LogP) is 2.71. The number of carbonyl (C=O) groups excluding carboxylic acids is 1. The Morgan fingerprint density at radius 1 is 1.36 bits per heavy atom. The monoisotopic (exact) mass is 340 g/mol. The van der Waals surface area contributed by atoms with Crippen molar-refractivity contribution in [3.63, 3.8) is 0 Å². The molecule has 2 aromatic rings. The van der Waals surface area contributed by atoms with Crippen LogP contribution in [0.3, 0.4) is 0 Å². The highest BCUT2D eigenvalue weighted by molar-refractivity contribution is 6.01. The number of Topliss-reactive ketones (excluding diaryl/α,β-unsaturated/α-hetero) is 1. The van der Waals surface area contributed by atoms with Gasteiger partial charge in [-0.25, -0.2) is 0 Å². The topological polar surface area (TPSA) is 92.3 Å². The number of nitrogens with zero attached hydrogens (tertiary/aromatic N) is 2. The molecular formula is C19H20N2O4. The van der Waals surface area contributed by atoms with Crippen molar-refractivity contribution in [2.75, 3.05) is 6.61 Å². The second-order valence-electron chi connectivity index (χ2n) is 5.80. The first kappa shape index (κ1) is 18.3. The van der Waals surface area contributed by atoms with E-state index in [-0.39, 0.29) is 29.8 Å². The Hall–Kier alpha value is -3.07. The number of benzene rings is 1. The van der Waals surface area contributed by atoms with Gasteiger partial charge in [-0.3, -0.25) is 14.2 Å². The van der Waals surface area contributed by atoms with Gasteiger partial charge in [-0.15, -0.1) is 0 Å². The van der Waals surface area contributed by atoms with Crippen molar-refractivity contribution in [2.24, 2.45) is 0 Å². The fraction of sp³-hybridized carbons (Fsp3) is 0.316. The molecule has 1 aromatic heterocycles. The molecule has 0 saturated heterocycles. The normalized spacial score (nSPS) is 10.3. The van der Waals surface area contributed by atoms with Crippen LogP contribution >= 0.6 is 0 Å². The molecule has 130 valence electrons. The Morgan fingerprint density at radius 3 is 2.68 bits per heavy atom. The van der Waals surface area contributed by atoms with Crippen molar-refractivity contribution in [1.82, 2.24) is 4.57 Å². The van der Waals surface area contributed by atoms with Gasteiger partial charge >= 0.3 is 0 Å². The number of aromatic nitrogens is 1. The molecule has 0 aliphatic heterocycles. The molecule has 25 heavy (non-hydrogen) atoms. The SMILES string of the molecule is CCCn1c(O)c(C(=O)COc2cccc(C)c2)c(C)c(C#N)c1=O. The summed E-state index contributed by atoms with van der Waals surface area (Å²) in [5.74, 6) is -0.369. The van der Waals surface area contributed by atoms with Crippen molar-refractivity contribution in [3.05, 3.63) is 56.9 Å². The number of ketones is 1. The van der Waals surface area contributed by atoms with Crippen molar-refractivity contribution in [2.45, 2.75) is 33.7 Å². The quantitative estimate of drug-likeness (QED) is 0.816. The molecule has 0 unspecified atom stereocenters. The highest BCUT2D eigenvalue weighted by Crippen LogP contribution is 2.23. The maximum Gasteiger partial charge on any atom is 0.271 e. The zero-order valence-electron chi connectivity index (χ0n) is 14.5. The van der Waals surface area contributed by atoms with Crippen LogP contribution in [0, 0.1) is 25.2 Å². The van der Waals surface area contributed by atoms with Crippen LogP contribution in [0.4, 0.5) is 0 Å². The molecule has 6 heteroatoms. The minimum atomic E-state index is -0.587. The van der Waals surface area contributed by atoms with Crippen LogP contribution < -0.4 is 10.3 Å². The van der Waals surface area contributed by atoms with E-state index in [4.69, 9.17) is 4.74 Å². The summed E-state index contributed by atoms with van der Waals surface area (Å²) in [6, 6.07) is 9.07. The summed E-state index contributed by atoms with van der Waals surface area (Å²) in [6.07, 6.45) is 0.578. The van der Waals surface area contributed by atoms with Crippen LogP contribution in [0.2, 0.25) is 0 Å². The van der Waals surface area contributed by atoms with E-state index < -0.39 is 17.2 Å². The third kappa shape index (κ3) is 3.72. The van der Waals surface area contributed by atoms with Gasteiger partial charge in [-0.1, -0.05) is 19.1 Å². The van der Waals surface area contributed by atoms with Gasteiger partial charge < -0.3 is 9.84 Å². The molecule has 2 rings (SSSR count). The smallest absolute Gasteiger partial charge is 0.271 e. The van der Waals surface area contributed by atoms with Crippen LogP contribution in [0.1, 0.15) is 40.4 Å². The Kier molecular flexibility index (Phi) is 5.60. The Bertz CT molecular complexity index is 907. The summed E-state index contributed by atoms with van der Waals surface area (Å²) in [5.41, 5.74) is 0.403. The summed E-state index contributed by atoms with van der Waals surface area (Å²) in [7, 11) is 0. The average molecular weight is 340 g/mol. The molecule has 0 bridgehead atoms. The van der Waals surface area contributed by atoms with Gasteiger partial charge in [0.25, 0.3) is 5.56 Å². The van der Waals surface area contributed by atoms with E-state index in [1.54, 1.807) is 12.1 Å². The molecule has 0 saturated carbocycles. The van der Waals surface area contributed by atoms with Gasteiger partial charge in [0.1, 0.15) is 17.4 Å². The van der Waals surface area contributed by atoms with Crippen LogP contribution in [-0.2, 0) is 6.54 Å². The molecule has 1 aromatic carbocycles. The number of pyridine rings is 1. The lowest BCUT2D eigenvalue weighted by molar-refractivity contribution is 0.0916. The van der Waals surface area contributed by atoms with Crippen molar-refractivity contribution < 1.29 is 14.6 Å². The summed E-state index contributed by atoms with van der Waals surface area (Å²) >= 11 is 0. The lowest BCUT2D eigenvalue weighted by atomic mass is 10.0. The maximum absolute atomic E-state index is 12.6. The molecule has 1 heterocycles. The van der Waals surface area contributed by atoms with Gasteiger partial charge in [-0.2, -0.15) is 5.26 Å². The minimum Gasteiger partial charge on any atom is -0.494 e. The van der Waals surface area contributed by atoms with E-state index in [0.29, 0.717) is 12.2 Å². The van der Waals surface area contributed by atoms with E-state index in [1.807, 2.05) is 32.0 Å². The highest BCUT2D eigenvalue weighted by Gasteiger charge is 2.23. The summed E-state index contributed by atoms with van der Waals surface area (Å²) in [6.45, 7) is 5.15. The van der Waals surface area contributed by atoms with E-state index in [0.717, 1.165) is 10.1 Å². The number of nitriles is 1. The lowest BCUT2D eigenvalue weighted by Gasteiger charge is -2.15. The predicted molar refractivity (Wildman–Crippen MR) is 93.1 cm³/mol.